The maximum atomic E-state index is 6.06. The molecule has 18 heavy (non-hydrogen) atoms. The van der Waals surface area contributed by atoms with Gasteiger partial charge >= 0.3 is 0 Å². The van der Waals surface area contributed by atoms with Crippen LogP contribution in [0.25, 0.3) is 0 Å². The Morgan fingerprint density at radius 2 is 2.00 bits per heavy atom. The Labute approximate surface area is 109 Å². The Morgan fingerprint density at radius 3 is 2.78 bits per heavy atom. The molecule has 3 rings (SSSR count). The highest BCUT2D eigenvalue weighted by Gasteiger charge is 2.32. The van der Waals surface area contributed by atoms with Crippen molar-refractivity contribution >= 4 is 0 Å². The molecule has 1 fully saturated rings. The van der Waals surface area contributed by atoms with Crippen LogP contribution < -0.4 is 9.47 Å². The van der Waals surface area contributed by atoms with E-state index in [9.17, 15) is 0 Å². The van der Waals surface area contributed by atoms with E-state index in [2.05, 4.69) is 26.0 Å². The fourth-order valence-electron chi connectivity index (χ4n) is 3.11. The van der Waals surface area contributed by atoms with Crippen LogP contribution in [0.15, 0.2) is 18.2 Å². The second-order valence-corrected chi connectivity index (χ2v) is 5.85. The zero-order chi connectivity index (χ0) is 12.5. The minimum absolute atomic E-state index is 0.252. The lowest BCUT2D eigenvalue weighted by atomic mass is 9.71. The number of fused-ring (bicyclic) bond motifs is 1. The van der Waals surface area contributed by atoms with Gasteiger partial charge in [0.05, 0.1) is 0 Å². The standard InChI is InChI=1S/C16H22O2/c1-3-12-7-13(8-12)9-14-10-17-15-5-4-11(2)6-16(15)18-14/h4-6,12-14H,3,7-10H2,1-2H3. The number of ether oxygens (including phenoxy) is 2. The van der Waals surface area contributed by atoms with Crippen molar-refractivity contribution in [1.29, 1.82) is 0 Å². The number of hydrogen-bond acceptors (Lipinski definition) is 2. The Balaban J connectivity index is 1.58. The monoisotopic (exact) mass is 246 g/mol. The molecular weight excluding hydrogens is 224 g/mol. The third-order valence-electron chi connectivity index (χ3n) is 4.32. The topological polar surface area (TPSA) is 18.5 Å². The van der Waals surface area contributed by atoms with Crippen molar-refractivity contribution in [2.75, 3.05) is 6.61 Å². The fraction of sp³-hybridized carbons (Fsp3) is 0.625. The van der Waals surface area contributed by atoms with Gasteiger partial charge in [-0.15, -0.1) is 0 Å². The molecule has 0 radical (unpaired) electrons. The predicted octanol–water partition coefficient (Wildman–Crippen LogP) is 3.96. The lowest BCUT2D eigenvalue weighted by molar-refractivity contribution is 0.0457. The van der Waals surface area contributed by atoms with Crippen LogP contribution in [-0.2, 0) is 0 Å². The average molecular weight is 246 g/mol. The van der Waals surface area contributed by atoms with Gasteiger partial charge in [0.2, 0.25) is 0 Å². The highest BCUT2D eigenvalue weighted by Crippen LogP contribution is 2.41. The molecule has 0 aromatic heterocycles. The van der Waals surface area contributed by atoms with E-state index in [-0.39, 0.29) is 6.10 Å². The van der Waals surface area contributed by atoms with Gasteiger partial charge in [-0.2, -0.15) is 0 Å². The number of benzene rings is 1. The molecule has 0 bridgehead atoms. The van der Waals surface area contributed by atoms with E-state index in [0.29, 0.717) is 6.61 Å². The maximum Gasteiger partial charge on any atom is 0.162 e. The van der Waals surface area contributed by atoms with Gasteiger partial charge in [0, 0.05) is 0 Å². The van der Waals surface area contributed by atoms with E-state index < -0.39 is 0 Å². The zero-order valence-corrected chi connectivity index (χ0v) is 11.3. The van der Waals surface area contributed by atoms with Crippen LogP contribution in [0.2, 0.25) is 0 Å². The van der Waals surface area contributed by atoms with Gasteiger partial charge in [0.25, 0.3) is 0 Å². The van der Waals surface area contributed by atoms with Crippen molar-refractivity contribution in [1.82, 2.24) is 0 Å². The van der Waals surface area contributed by atoms with E-state index >= 15 is 0 Å². The molecular formula is C16H22O2. The smallest absolute Gasteiger partial charge is 0.162 e. The average Bonchev–Trinajstić information content (AvgIpc) is 2.32. The highest BCUT2D eigenvalue weighted by atomic mass is 16.6. The number of rotatable bonds is 3. The van der Waals surface area contributed by atoms with Gasteiger partial charge in [-0.25, -0.2) is 0 Å². The van der Waals surface area contributed by atoms with Crippen LogP contribution in [0.5, 0.6) is 11.5 Å². The Hall–Kier alpha value is -1.18. The summed E-state index contributed by atoms with van der Waals surface area (Å²) in [5.41, 5.74) is 1.23. The molecule has 1 aliphatic carbocycles. The van der Waals surface area contributed by atoms with E-state index in [0.717, 1.165) is 29.8 Å². The first-order valence-corrected chi connectivity index (χ1v) is 7.14. The van der Waals surface area contributed by atoms with Crippen LogP contribution in [0, 0.1) is 18.8 Å². The first kappa shape index (κ1) is 11.9. The van der Waals surface area contributed by atoms with Crippen LogP contribution >= 0.6 is 0 Å². The molecule has 1 aliphatic heterocycles. The van der Waals surface area contributed by atoms with Gasteiger partial charge in [-0.05, 0) is 55.7 Å². The van der Waals surface area contributed by atoms with Crippen molar-refractivity contribution in [2.24, 2.45) is 11.8 Å². The largest absolute Gasteiger partial charge is 0.486 e. The van der Waals surface area contributed by atoms with E-state index in [1.165, 1.54) is 24.8 Å². The zero-order valence-electron chi connectivity index (χ0n) is 11.3. The fourth-order valence-corrected chi connectivity index (χ4v) is 3.11. The normalized spacial score (nSPS) is 29.8. The Bertz CT molecular complexity index is 421. The maximum absolute atomic E-state index is 6.06. The van der Waals surface area contributed by atoms with Crippen LogP contribution in [0.1, 0.15) is 38.2 Å². The van der Waals surface area contributed by atoms with E-state index in [1.54, 1.807) is 0 Å². The molecule has 0 amide bonds. The van der Waals surface area contributed by atoms with Crippen molar-refractivity contribution in [2.45, 2.75) is 45.6 Å². The lowest BCUT2D eigenvalue weighted by Crippen LogP contribution is -2.35. The minimum Gasteiger partial charge on any atom is -0.486 e. The molecule has 1 aromatic rings. The molecule has 0 N–H and O–H groups in total. The molecule has 1 heterocycles. The minimum atomic E-state index is 0.252. The molecule has 0 spiro atoms. The van der Waals surface area contributed by atoms with E-state index in [4.69, 9.17) is 9.47 Å². The van der Waals surface area contributed by atoms with Gasteiger partial charge in [0.15, 0.2) is 11.5 Å². The molecule has 2 nitrogen and oxygen atoms in total. The highest BCUT2D eigenvalue weighted by molar-refractivity contribution is 5.43. The van der Waals surface area contributed by atoms with Crippen LogP contribution in [0.3, 0.4) is 0 Å². The molecule has 2 aliphatic rings. The summed E-state index contributed by atoms with van der Waals surface area (Å²) in [6.45, 7) is 5.09. The summed E-state index contributed by atoms with van der Waals surface area (Å²) in [6, 6.07) is 6.16. The van der Waals surface area contributed by atoms with Crippen molar-refractivity contribution < 1.29 is 9.47 Å². The number of aryl methyl sites for hydroxylation is 1. The summed E-state index contributed by atoms with van der Waals surface area (Å²) < 4.78 is 11.9. The molecule has 1 saturated carbocycles. The van der Waals surface area contributed by atoms with Gasteiger partial charge in [-0.1, -0.05) is 19.4 Å². The van der Waals surface area contributed by atoms with Gasteiger partial charge in [0.1, 0.15) is 12.7 Å². The van der Waals surface area contributed by atoms with E-state index in [1.807, 2.05) is 6.07 Å². The molecule has 1 aromatic carbocycles. The second kappa shape index (κ2) is 4.83. The van der Waals surface area contributed by atoms with Gasteiger partial charge < -0.3 is 9.47 Å². The first-order chi connectivity index (χ1) is 8.74. The van der Waals surface area contributed by atoms with Crippen molar-refractivity contribution in [3.8, 4) is 11.5 Å². The molecule has 98 valence electrons. The summed E-state index contributed by atoms with van der Waals surface area (Å²) in [4.78, 5) is 0. The predicted molar refractivity (Wildman–Crippen MR) is 72.2 cm³/mol. The number of hydrogen-bond donors (Lipinski definition) is 0. The molecule has 0 saturated heterocycles. The Kier molecular flexibility index (Phi) is 3.19. The SMILES string of the molecule is CCC1CC(CC2COc3ccc(C)cc3O2)C1. The molecule has 1 atom stereocenters. The van der Waals surface area contributed by atoms with Crippen LogP contribution in [0.4, 0.5) is 0 Å². The second-order valence-electron chi connectivity index (χ2n) is 5.85. The summed E-state index contributed by atoms with van der Waals surface area (Å²) >= 11 is 0. The molecule has 1 unspecified atom stereocenters. The van der Waals surface area contributed by atoms with Crippen molar-refractivity contribution in [3.63, 3.8) is 0 Å². The third kappa shape index (κ3) is 2.33. The summed E-state index contributed by atoms with van der Waals surface area (Å²) in [5.74, 6) is 3.65. The quantitative estimate of drug-likeness (QED) is 0.803. The third-order valence-corrected chi connectivity index (χ3v) is 4.32. The molecule has 2 heteroatoms. The first-order valence-electron chi connectivity index (χ1n) is 7.14. The lowest BCUT2D eigenvalue weighted by Gasteiger charge is -2.38. The van der Waals surface area contributed by atoms with Gasteiger partial charge in [-0.3, -0.25) is 0 Å². The van der Waals surface area contributed by atoms with Crippen LogP contribution in [-0.4, -0.2) is 12.7 Å². The Morgan fingerprint density at radius 1 is 1.17 bits per heavy atom. The summed E-state index contributed by atoms with van der Waals surface area (Å²) in [6.07, 6.45) is 5.51. The summed E-state index contributed by atoms with van der Waals surface area (Å²) in [5, 5.41) is 0. The van der Waals surface area contributed by atoms with Crippen molar-refractivity contribution in [3.05, 3.63) is 23.8 Å². The summed E-state index contributed by atoms with van der Waals surface area (Å²) in [7, 11) is 0.